The van der Waals surface area contributed by atoms with Crippen molar-refractivity contribution in [3.05, 3.63) is 34.7 Å². The lowest BCUT2D eigenvalue weighted by atomic mass is 10.1. The van der Waals surface area contributed by atoms with Gasteiger partial charge < -0.3 is 9.64 Å². The first-order chi connectivity index (χ1) is 10.2. The Morgan fingerprint density at radius 2 is 2.19 bits per heavy atom. The third-order valence-corrected chi connectivity index (χ3v) is 4.17. The van der Waals surface area contributed by atoms with Gasteiger partial charge in [0.05, 0.1) is 11.2 Å². The van der Waals surface area contributed by atoms with Gasteiger partial charge in [-0.15, -0.1) is 11.3 Å². The summed E-state index contributed by atoms with van der Waals surface area (Å²) in [5, 5.41) is 2.74. The van der Waals surface area contributed by atoms with Crippen LogP contribution < -0.4 is 4.74 Å². The summed E-state index contributed by atoms with van der Waals surface area (Å²) in [6.07, 6.45) is 6.51. The van der Waals surface area contributed by atoms with Crippen molar-refractivity contribution in [2.24, 2.45) is 0 Å². The first-order valence-corrected chi connectivity index (χ1v) is 7.74. The van der Waals surface area contributed by atoms with Gasteiger partial charge >= 0.3 is 0 Å². The van der Waals surface area contributed by atoms with Crippen molar-refractivity contribution >= 4 is 17.2 Å². The van der Waals surface area contributed by atoms with Crippen LogP contribution in [0.3, 0.4) is 0 Å². The van der Waals surface area contributed by atoms with Crippen molar-refractivity contribution in [2.45, 2.75) is 25.9 Å². The molecule has 0 unspecified atom stereocenters. The fourth-order valence-electron chi connectivity index (χ4n) is 2.32. The molecule has 0 atom stereocenters. The van der Waals surface area contributed by atoms with E-state index in [0.29, 0.717) is 24.7 Å². The number of ether oxygens (including phenoxy) is 1. The second-order valence-electron chi connectivity index (χ2n) is 4.90. The van der Waals surface area contributed by atoms with E-state index >= 15 is 0 Å². The molecule has 3 heterocycles. The van der Waals surface area contributed by atoms with Crippen molar-refractivity contribution in [1.29, 1.82) is 0 Å². The number of carbonyl (C=O) groups is 1. The van der Waals surface area contributed by atoms with Crippen molar-refractivity contribution in [1.82, 2.24) is 19.9 Å². The molecule has 110 valence electrons. The maximum Gasteiger partial charge on any atom is 0.273 e. The molecule has 0 spiro atoms. The van der Waals surface area contributed by atoms with Crippen molar-refractivity contribution in [3.63, 3.8) is 0 Å². The van der Waals surface area contributed by atoms with Gasteiger partial charge in [0.2, 0.25) is 5.88 Å². The predicted molar refractivity (Wildman–Crippen MR) is 78.4 cm³/mol. The molecule has 0 radical (unpaired) electrons. The van der Waals surface area contributed by atoms with Crippen LogP contribution in [0.4, 0.5) is 0 Å². The highest BCUT2D eigenvalue weighted by Gasteiger charge is 2.26. The van der Waals surface area contributed by atoms with Crippen LogP contribution in [0.2, 0.25) is 0 Å². The summed E-state index contributed by atoms with van der Waals surface area (Å²) in [4.78, 5) is 26.5. The van der Waals surface area contributed by atoms with Crippen LogP contribution in [0.1, 0.15) is 28.3 Å². The standard InChI is InChI=1S/C14H16N4O2S/c1-10-17-12(9-21-10)14(19)18-6-2-11(3-7-18)20-13-8-15-4-5-16-13/h4-5,8-9,11H,2-3,6-7H2,1H3. The fourth-order valence-corrected chi connectivity index (χ4v) is 2.90. The molecule has 2 aromatic heterocycles. The highest BCUT2D eigenvalue weighted by atomic mass is 32.1. The Kier molecular flexibility index (Phi) is 4.10. The molecular weight excluding hydrogens is 288 g/mol. The van der Waals surface area contributed by atoms with Crippen LogP contribution in [-0.2, 0) is 0 Å². The molecule has 0 bridgehead atoms. The number of piperidine rings is 1. The molecule has 0 N–H and O–H groups in total. The number of likely N-dealkylation sites (tertiary alicyclic amines) is 1. The smallest absolute Gasteiger partial charge is 0.273 e. The van der Waals surface area contributed by atoms with Gasteiger partial charge in [0.25, 0.3) is 5.91 Å². The summed E-state index contributed by atoms with van der Waals surface area (Å²) in [6.45, 7) is 3.27. The summed E-state index contributed by atoms with van der Waals surface area (Å²) in [5.74, 6) is 0.551. The molecule has 0 aromatic carbocycles. The van der Waals surface area contributed by atoms with Crippen LogP contribution in [0.15, 0.2) is 24.0 Å². The van der Waals surface area contributed by atoms with Crippen LogP contribution in [0, 0.1) is 6.92 Å². The number of aromatic nitrogens is 3. The molecule has 7 heteroatoms. The monoisotopic (exact) mass is 304 g/mol. The van der Waals surface area contributed by atoms with Gasteiger partial charge in [-0.1, -0.05) is 0 Å². The zero-order valence-electron chi connectivity index (χ0n) is 11.7. The Bertz CT molecular complexity index is 608. The average Bonchev–Trinajstić information content (AvgIpc) is 2.95. The van der Waals surface area contributed by atoms with Crippen LogP contribution in [0.25, 0.3) is 0 Å². The van der Waals surface area contributed by atoms with Crippen LogP contribution in [0.5, 0.6) is 5.88 Å². The lowest BCUT2D eigenvalue weighted by Gasteiger charge is -2.31. The number of amides is 1. The van der Waals surface area contributed by atoms with E-state index in [0.717, 1.165) is 17.8 Å². The summed E-state index contributed by atoms with van der Waals surface area (Å²) >= 11 is 1.50. The van der Waals surface area contributed by atoms with Crippen LogP contribution >= 0.6 is 11.3 Å². The van der Waals surface area contributed by atoms with E-state index in [4.69, 9.17) is 4.74 Å². The van der Waals surface area contributed by atoms with Gasteiger partial charge in [0.15, 0.2) is 0 Å². The van der Waals surface area contributed by atoms with Gasteiger partial charge in [-0.05, 0) is 6.92 Å². The molecule has 1 fully saturated rings. The SMILES string of the molecule is Cc1nc(C(=O)N2CCC(Oc3cnccn3)CC2)cs1. The zero-order valence-corrected chi connectivity index (χ0v) is 12.5. The number of carbonyl (C=O) groups excluding carboxylic acids is 1. The van der Waals surface area contributed by atoms with Crippen molar-refractivity contribution < 1.29 is 9.53 Å². The van der Waals surface area contributed by atoms with E-state index in [2.05, 4.69) is 15.0 Å². The van der Waals surface area contributed by atoms with E-state index in [-0.39, 0.29) is 12.0 Å². The van der Waals surface area contributed by atoms with E-state index < -0.39 is 0 Å². The quantitative estimate of drug-likeness (QED) is 0.866. The summed E-state index contributed by atoms with van der Waals surface area (Å²) < 4.78 is 5.77. The normalized spacial score (nSPS) is 16.0. The minimum atomic E-state index is 0.0114. The van der Waals surface area contributed by atoms with Crippen molar-refractivity contribution in [2.75, 3.05) is 13.1 Å². The number of aryl methyl sites for hydroxylation is 1. The maximum atomic E-state index is 12.3. The minimum Gasteiger partial charge on any atom is -0.473 e. The van der Waals surface area contributed by atoms with Gasteiger partial charge in [-0.25, -0.2) is 9.97 Å². The average molecular weight is 304 g/mol. The van der Waals surface area contributed by atoms with Gasteiger partial charge in [0, 0.05) is 43.7 Å². The van der Waals surface area contributed by atoms with E-state index in [1.54, 1.807) is 18.6 Å². The number of hydrogen-bond acceptors (Lipinski definition) is 6. The molecule has 0 saturated carbocycles. The lowest BCUT2D eigenvalue weighted by Crippen LogP contribution is -2.42. The number of thiazole rings is 1. The zero-order chi connectivity index (χ0) is 14.7. The minimum absolute atomic E-state index is 0.0114. The number of nitrogens with zero attached hydrogens (tertiary/aromatic N) is 4. The van der Waals surface area contributed by atoms with Gasteiger partial charge in [0.1, 0.15) is 11.8 Å². The molecule has 21 heavy (non-hydrogen) atoms. The highest BCUT2D eigenvalue weighted by molar-refractivity contribution is 7.09. The highest BCUT2D eigenvalue weighted by Crippen LogP contribution is 2.18. The third-order valence-electron chi connectivity index (χ3n) is 3.39. The summed E-state index contributed by atoms with van der Waals surface area (Å²) in [7, 11) is 0. The topological polar surface area (TPSA) is 68.2 Å². The molecule has 2 aromatic rings. The number of hydrogen-bond donors (Lipinski definition) is 0. The third kappa shape index (κ3) is 3.36. The second-order valence-corrected chi connectivity index (χ2v) is 5.97. The molecule has 1 saturated heterocycles. The molecule has 1 amide bonds. The van der Waals surface area contributed by atoms with E-state index in [9.17, 15) is 4.79 Å². The first kappa shape index (κ1) is 13.9. The van der Waals surface area contributed by atoms with Crippen molar-refractivity contribution in [3.8, 4) is 5.88 Å². The van der Waals surface area contributed by atoms with E-state index in [1.807, 2.05) is 17.2 Å². The Balaban J connectivity index is 1.54. The maximum absolute atomic E-state index is 12.3. The summed E-state index contributed by atoms with van der Waals surface area (Å²) in [5.41, 5.74) is 0.547. The van der Waals surface area contributed by atoms with Gasteiger partial charge in [-0.3, -0.25) is 9.78 Å². The Labute approximate surface area is 126 Å². The Morgan fingerprint density at radius 3 is 2.81 bits per heavy atom. The largest absolute Gasteiger partial charge is 0.473 e. The molecule has 6 nitrogen and oxygen atoms in total. The number of rotatable bonds is 3. The molecular formula is C14H16N4O2S. The van der Waals surface area contributed by atoms with Crippen LogP contribution in [-0.4, -0.2) is 45.0 Å². The molecule has 1 aliphatic heterocycles. The Hall–Kier alpha value is -2.02. The first-order valence-electron chi connectivity index (χ1n) is 6.86. The fraction of sp³-hybridized carbons (Fsp3) is 0.429. The molecule has 0 aliphatic carbocycles. The molecule has 1 aliphatic rings. The second kappa shape index (κ2) is 6.17. The lowest BCUT2D eigenvalue weighted by molar-refractivity contribution is 0.0582. The predicted octanol–water partition coefficient (Wildman–Crippen LogP) is 1.93. The van der Waals surface area contributed by atoms with Gasteiger partial charge in [-0.2, -0.15) is 0 Å². The summed E-state index contributed by atoms with van der Waals surface area (Å²) in [6, 6.07) is 0. The Morgan fingerprint density at radius 1 is 1.38 bits per heavy atom. The molecule has 3 rings (SSSR count). The van der Waals surface area contributed by atoms with E-state index in [1.165, 1.54) is 11.3 Å².